The molecule has 2 rings (SSSR count). The van der Waals surface area contributed by atoms with Crippen molar-refractivity contribution in [3.63, 3.8) is 0 Å². The molecule has 1 aliphatic rings. The fourth-order valence-corrected chi connectivity index (χ4v) is 3.16. The Labute approximate surface area is 145 Å². The van der Waals surface area contributed by atoms with Crippen LogP contribution in [0, 0.1) is 6.92 Å². The summed E-state index contributed by atoms with van der Waals surface area (Å²) < 4.78 is 0. The van der Waals surface area contributed by atoms with Gasteiger partial charge in [-0.15, -0.1) is 0 Å². The molecule has 5 nitrogen and oxygen atoms in total. The minimum absolute atomic E-state index is 0.00842. The Balaban J connectivity index is 2.10. The van der Waals surface area contributed by atoms with Crippen LogP contribution in [-0.2, 0) is 9.59 Å². The predicted molar refractivity (Wildman–Crippen MR) is 95.7 cm³/mol. The van der Waals surface area contributed by atoms with E-state index in [4.69, 9.17) is 0 Å². The van der Waals surface area contributed by atoms with Crippen molar-refractivity contribution in [1.82, 2.24) is 14.7 Å². The van der Waals surface area contributed by atoms with Gasteiger partial charge in [0.1, 0.15) is 6.04 Å². The highest BCUT2D eigenvalue weighted by Gasteiger charge is 2.32. The number of likely N-dealkylation sites (N-methyl/N-ethyl adjacent to an activating group) is 1. The van der Waals surface area contributed by atoms with E-state index >= 15 is 0 Å². The summed E-state index contributed by atoms with van der Waals surface area (Å²) >= 11 is 0. The first-order chi connectivity index (χ1) is 11.4. The van der Waals surface area contributed by atoms with Crippen LogP contribution in [-0.4, -0.2) is 66.8 Å². The van der Waals surface area contributed by atoms with Gasteiger partial charge in [-0.25, -0.2) is 0 Å². The van der Waals surface area contributed by atoms with Crippen molar-refractivity contribution in [1.29, 1.82) is 0 Å². The van der Waals surface area contributed by atoms with E-state index < -0.39 is 0 Å². The Hall–Kier alpha value is -1.88. The quantitative estimate of drug-likeness (QED) is 0.801. The Kier molecular flexibility index (Phi) is 6.37. The van der Waals surface area contributed by atoms with Crippen LogP contribution >= 0.6 is 0 Å². The third kappa shape index (κ3) is 4.35. The molecule has 1 heterocycles. The molecule has 132 valence electrons. The van der Waals surface area contributed by atoms with Crippen LogP contribution < -0.4 is 0 Å². The zero-order valence-corrected chi connectivity index (χ0v) is 15.3. The maximum atomic E-state index is 13.0. The lowest BCUT2D eigenvalue weighted by Crippen LogP contribution is -2.54. The van der Waals surface area contributed by atoms with E-state index in [-0.39, 0.29) is 24.4 Å². The van der Waals surface area contributed by atoms with E-state index in [9.17, 15) is 9.59 Å². The number of carbonyl (C=O) groups is 2. The first-order valence-electron chi connectivity index (χ1n) is 8.73. The maximum Gasteiger partial charge on any atom is 0.245 e. The third-order valence-corrected chi connectivity index (χ3v) is 4.52. The second-order valence-electron chi connectivity index (χ2n) is 6.77. The largest absolute Gasteiger partial charge is 0.339 e. The fourth-order valence-electron chi connectivity index (χ4n) is 3.16. The van der Waals surface area contributed by atoms with Gasteiger partial charge in [0.2, 0.25) is 11.8 Å². The molecule has 0 spiro atoms. The van der Waals surface area contributed by atoms with Crippen LogP contribution in [0.1, 0.15) is 36.9 Å². The zero-order chi connectivity index (χ0) is 17.7. The number of hydrogen-bond donors (Lipinski definition) is 0. The molecular formula is C19H29N3O2. The van der Waals surface area contributed by atoms with Crippen LogP contribution in [0.15, 0.2) is 24.3 Å². The summed E-state index contributed by atoms with van der Waals surface area (Å²) in [6, 6.07) is 7.68. The highest BCUT2D eigenvalue weighted by atomic mass is 16.2. The molecule has 1 aromatic rings. The van der Waals surface area contributed by atoms with Gasteiger partial charge >= 0.3 is 0 Å². The summed E-state index contributed by atoms with van der Waals surface area (Å²) in [5.41, 5.74) is 2.11. The molecule has 0 saturated carbocycles. The monoisotopic (exact) mass is 331 g/mol. The predicted octanol–water partition coefficient (Wildman–Crippen LogP) is 2.07. The Morgan fingerprint density at radius 3 is 2.62 bits per heavy atom. The lowest BCUT2D eigenvalue weighted by molar-refractivity contribution is -0.148. The van der Waals surface area contributed by atoms with E-state index in [1.165, 1.54) is 0 Å². The SMILES string of the molecule is CCCCN1CCN(C(=O)C(c2cccc(C)c2)N(C)C)CC1=O. The summed E-state index contributed by atoms with van der Waals surface area (Å²) in [5.74, 6) is 0.0684. The van der Waals surface area contributed by atoms with Crippen molar-refractivity contribution in [2.75, 3.05) is 40.3 Å². The number of nitrogens with zero attached hydrogens (tertiary/aromatic N) is 3. The second-order valence-corrected chi connectivity index (χ2v) is 6.77. The molecule has 1 aliphatic heterocycles. The molecule has 1 fully saturated rings. The summed E-state index contributed by atoms with van der Waals surface area (Å²) in [4.78, 5) is 30.9. The summed E-state index contributed by atoms with van der Waals surface area (Å²) in [6.45, 7) is 6.39. The molecule has 0 aromatic heterocycles. The smallest absolute Gasteiger partial charge is 0.245 e. The standard InChI is InChI=1S/C19H29N3O2/c1-5-6-10-21-11-12-22(14-17(21)23)19(24)18(20(3)4)16-9-7-8-15(2)13-16/h7-9,13,18H,5-6,10-12,14H2,1-4H3. The molecule has 0 bridgehead atoms. The molecule has 5 heteroatoms. The van der Waals surface area contributed by atoms with Crippen molar-refractivity contribution >= 4 is 11.8 Å². The lowest BCUT2D eigenvalue weighted by Gasteiger charge is -2.37. The van der Waals surface area contributed by atoms with Crippen LogP contribution in [0.4, 0.5) is 0 Å². The maximum absolute atomic E-state index is 13.0. The van der Waals surface area contributed by atoms with E-state index in [1.54, 1.807) is 4.90 Å². The normalized spacial score (nSPS) is 16.6. The molecular weight excluding hydrogens is 302 g/mol. The Bertz CT molecular complexity index is 586. The van der Waals surface area contributed by atoms with Crippen LogP contribution in [0.3, 0.4) is 0 Å². The number of aryl methyl sites for hydroxylation is 1. The van der Waals surface area contributed by atoms with Gasteiger partial charge in [-0.05, 0) is 33.0 Å². The molecule has 0 aliphatic carbocycles. The third-order valence-electron chi connectivity index (χ3n) is 4.52. The summed E-state index contributed by atoms with van der Waals surface area (Å²) in [7, 11) is 3.81. The molecule has 0 radical (unpaired) electrons. The number of benzene rings is 1. The van der Waals surface area contributed by atoms with Crippen LogP contribution in [0.2, 0.25) is 0 Å². The van der Waals surface area contributed by atoms with E-state index in [1.807, 2.05) is 55.1 Å². The summed E-state index contributed by atoms with van der Waals surface area (Å²) in [5, 5.41) is 0. The van der Waals surface area contributed by atoms with Gasteiger partial charge in [-0.2, -0.15) is 0 Å². The topological polar surface area (TPSA) is 43.9 Å². The highest BCUT2D eigenvalue weighted by molar-refractivity contribution is 5.89. The average Bonchev–Trinajstić information content (AvgIpc) is 2.53. The molecule has 1 aromatic carbocycles. The minimum Gasteiger partial charge on any atom is -0.339 e. The molecule has 0 N–H and O–H groups in total. The second kappa shape index (κ2) is 8.29. The highest BCUT2D eigenvalue weighted by Crippen LogP contribution is 2.23. The number of piperazine rings is 1. The van der Waals surface area contributed by atoms with Crippen LogP contribution in [0.5, 0.6) is 0 Å². The fraction of sp³-hybridized carbons (Fsp3) is 0.579. The first kappa shape index (κ1) is 18.5. The number of amides is 2. The molecule has 1 saturated heterocycles. The average molecular weight is 331 g/mol. The van der Waals surface area contributed by atoms with Gasteiger partial charge in [0, 0.05) is 19.6 Å². The minimum atomic E-state index is -0.347. The van der Waals surface area contributed by atoms with E-state index in [0.717, 1.165) is 30.5 Å². The van der Waals surface area contributed by atoms with Crippen molar-refractivity contribution in [3.8, 4) is 0 Å². The molecule has 24 heavy (non-hydrogen) atoms. The van der Waals surface area contributed by atoms with Gasteiger partial charge in [-0.3, -0.25) is 14.5 Å². The first-order valence-corrected chi connectivity index (χ1v) is 8.73. The van der Waals surface area contributed by atoms with Crippen molar-refractivity contribution < 1.29 is 9.59 Å². The molecule has 2 amide bonds. The van der Waals surface area contributed by atoms with Crippen LogP contribution in [0.25, 0.3) is 0 Å². The van der Waals surface area contributed by atoms with Gasteiger partial charge in [0.15, 0.2) is 0 Å². The van der Waals surface area contributed by atoms with E-state index in [0.29, 0.717) is 13.1 Å². The molecule has 1 atom stereocenters. The Morgan fingerprint density at radius 2 is 2.04 bits per heavy atom. The van der Waals surface area contributed by atoms with Gasteiger partial charge in [0.25, 0.3) is 0 Å². The van der Waals surface area contributed by atoms with Crippen molar-refractivity contribution in [3.05, 3.63) is 35.4 Å². The van der Waals surface area contributed by atoms with Crippen molar-refractivity contribution in [2.45, 2.75) is 32.7 Å². The molecule has 1 unspecified atom stereocenters. The number of carbonyl (C=O) groups excluding carboxylic acids is 2. The summed E-state index contributed by atoms with van der Waals surface area (Å²) in [6.07, 6.45) is 2.09. The van der Waals surface area contributed by atoms with E-state index in [2.05, 4.69) is 6.92 Å². The van der Waals surface area contributed by atoms with Gasteiger partial charge in [0.05, 0.1) is 6.54 Å². The van der Waals surface area contributed by atoms with Gasteiger partial charge < -0.3 is 9.80 Å². The number of hydrogen-bond acceptors (Lipinski definition) is 3. The lowest BCUT2D eigenvalue weighted by atomic mass is 10.0. The Morgan fingerprint density at radius 1 is 1.29 bits per heavy atom. The zero-order valence-electron chi connectivity index (χ0n) is 15.3. The number of rotatable bonds is 6. The van der Waals surface area contributed by atoms with Crippen molar-refractivity contribution in [2.24, 2.45) is 0 Å². The number of unbranched alkanes of at least 4 members (excludes halogenated alkanes) is 1. The van der Waals surface area contributed by atoms with Gasteiger partial charge in [-0.1, -0.05) is 43.2 Å².